The molecule has 1 unspecified atom stereocenters. The Morgan fingerprint density at radius 1 is 1.15 bits per heavy atom. The van der Waals surface area contributed by atoms with Gasteiger partial charge in [-0.3, -0.25) is 4.79 Å². The van der Waals surface area contributed by atoms with Crippen molar-refractivity contribution in [3.8, 4) is 6.07 Å². The van der Waals surface area contributed by atoms with Gasteiger partial charge in [-0.05, 0) is 42.7 Å². The highest BCUT2D eigenvalue weighted by Gasteiger charge is 2.33. The molecule has 3 aromatic rings. The summed E-state index contributed by atoms with van der Waals surface area (Å²) in [6, 6.07) is 17.9. The number of rotatable bonds is 8. The van der Waals surface area contributed by atoms with Gasteiger partial charge in [-0.2, -0.15) is 9.57 Å². The van der Waals surface area contributed by atoms with Crippen molar-refractivity contribution in [2.24, 2.45) is 5.92 Å². The zero-order chi connectivity index (χ0) is 24.0. The summed E-state index contributed by atoms with van der Waals surface area (Å²) in [7, 11) is -3.60. The van der Waals surface area contributed by atoms with Gasteiger partial charge in [0.05, 0.1) is 28.8 Å². The number of carbonyl (C=O) groups is 1. The first-order valence-corrected chi connectivity index (χ1v) is 12.7. The molecule has 1 saturated heterocycles. The molecule has 1 atom stereocenters. The van der Waals surface area contributed by atoms with E-state index in [-0.39, 0.29) is 23.3 Å². The summed E-state index contributed by atoms with van der Waals surface area (Å²) in [5, 5.41) is 11.9. The van der Waals surface area contributed by atoms with Gasteiger partial charge in [-0.25, -0.2) is 13.4 Å². The molecule has 1 fully saturated rings. The molecule has 1 aromatic heterocycles. The van der Waals surface area contributed by atoms with Crippen molar-refractivity contribution in [2.75, 3.05) is 19.6 Å². The summed E-state index contributed by atoms with van der Waals surface area (Å²) in [5.74, 6) is -0.484. The zero-order valence-corrected chi connectivity index (χ0v) is 19.6. The van der Waals surface area contributed by atoms with Crippen LogP contribution < -0.4 is 5.32 Å². The molecule has 1 aliphatic rings. The molecule has 1 amide bonds. The third-order valence-electron chi connectivity index (χ3n) is 6.05. The highest BCUT2D eigenvalue weighted by Crippen LogP contribution is 2.23. The predicted octanol–water partition coefficient (Wildman–Crippen LogP) is 2.56. The Balaban J connectivity index is 1.31. The van der Waals surface area contributed by atoms with Crippen molar-refractivity contribution >= 4 is 15.9 Å². The maximum atomic E-state index is 12.9. The lowest BCUT2D eigenvalue weighted by molar-refractivity contribution is -0.126. The molecule has 2 heterocycles. The summed E-state index contributed by atoms with van der Waals surface area (Å²) in [6.07, 6.45) is 5.47. The molecule has 34 heavy (non-hydrogen) atoms. The van der Waals surface area contributed by atoms with Gasteiger partial charge in [0.25, 0.3) is 0 Å². The van der Waals surface area contributed by atoms with Crippen molar-refractivity contribution in [3.63, 3.8) is 0 Å². The fraction of sp³-hybridized carbons (Fsp3) is 0.320. The number of piperidine rings is 1. The Bertz CT molecular complexity index is 1260. The van der Waals surface area contributed by atoms with Crippen molar-refractivity contribution in [1.82, 2.24) is 19.2 Å². The third-order valence-corrected chi connectivity index (χ3v) is 7.93. The Hall–Kier alpha value is -3.48. The van der Waals surface area contributed by atoms with Crippen LogP contribution in [0.5, 0.6) is 0 Å². The first-order valence-electron chi connectivity index (χ1n) is 11.3. The van der Waals surface area contributed by atoms with Crippen LogP contribution in [0, 0.1) is 17.2 Å². The lowest BCUT2D eigenvalue weighted by Gasteiger charge is -2.31. The molecule has 9 heteroatoms. The number of nitrogens with one attached hydrogen (secondary N) is 1. The van der Waals surface area contributed by atoms with Crippen LogP contribution in [-0.4, -0.2) is 47.8 Å². The Labute approximate surface area is 199 Å². The van der Waals surface area contributed by atoms with E-state index in [1.54, 1.807) is 55.0 Å². The van der Waals surface area contributed by atoms with E-state index >= 15 is 0 Å². The van der Waals surface area contributed by atoms with Gasteiger partial charge < -0.3 is 9.88 Å². The molecule has 8 nitrogen and oxygen atoms in total. The molecule has 0 radical (unpaired) electrons. The standard InChI is InChI=1S/C25H27N5O3S/c26-15-20-8-10-21(11-9-20)17-29-19-27-16-23(29)12-13-28-25(31)22-5-4-14-30(18-22)34(32,33)24-6-2-1-3-7-24/h1-3,6-11,16,19,22H,4-5,12-14,17-18H2,(H,28,31). The van der Waals surface area contributed by atoms with E-state index in [0.717, 1.165) is 11.3 Å². The van der Waals surface area contributed by atoms with E-state index in [1.165, 1.54) is 4.31 Å². The minimum Gasteiger partial charge on any atom is -0.355 e. The lowest BCUT2D eigenvalue weighted by atomic mass is 9.99. The van der Waals surface area contributed by atoms with Crippen LogP contribution in [0.1, 0.15) is 29.7 Å². The molecule has 2 aromatic carbocycles. The van der Waals surface area contributed by atoms with Gasteiger partial charge in [0.2, 0.25) is 15.9 Å². The summed E-state index contributed by atoms with van der Waals surface area (Å²) in [4.78, 5) is 17.3. The first kappa shape index (κ1) is 23.7. The van der Waals surface area contributed by atoms with Crippen LogP contribution in [-0.2, 0) is 27.8 Å². The van der Waals surface area contributed by atoms with E-state index in [2.05, 4.69) is 16.4 Å². The topological polar surface area (TPSA) is 108 Å². The number of hydrogen-bond acceptors (Lipinski definition) is 5. The fourth-order valence-electron chi connectivity index (χ4n) is 4.15. The van der Waals surface area contributed by atoms with Gasteiger partial charge in [0.15, 0.2) is 0 Å². The molecule has 1 aliphatic heterocycles. The summed E-state index contributed by atoms with van der Waals surface area (Å²) >= 11 is 0. The van der Waals surface area contributed by atoms with Gasteiger partial charge in [0, 0.05) is 44.5 Å². The lowest BCUT2D eigenvalue weighted by Crippen LogP contribution is -2.45. The van der Waals surface area contributed by atoms with Gasteiger partial charge in [-0.1, -0.05) is 30.3 Å². The molecule has 0 bridgehead atoms. The molecule has 0 aliphatic carbocycles. The Morgan fingerprint density at radius 2 is 1.91 bits per heavy atom. The second kappa shape index (κ2) is 10.6. The van der Waals surface area contributed by atoms with E-state index in [1.807, 2.05) is 16.7 Å². The molecule has 1 N–H and O–H groups in total. The molecular weight excluding hydrogens is 450 g/mol. The maximum Gasteiger partial charge on any atom is 0.243 e. The molecule has 0 saturated carbocycles. The first-order chi connectivity index (χ1) is 16.5. The van der Waals surface area contributed by atoms with E-state index in [4.69, 9.17) is 5.26 Å². The Kier molecular flexibility index (Phi) is 7.40. The molecule has 0 spiro atoms. The normalized spacial score (nSPS) is 16.6. The summed E-state index contributed by atoms with van der Waals surface area (Å²) < 4.78 is 29.3. The van der Waals surface area contributed by atoms with Gasteiger partial charge in [0.1, 0.15) is 0 Å². The number of aromatic nitrogens is 2. The minimum atomic E-state index is -3.60. The van der Waals surface area contributed by atoms with Crippen molar-refractivity contribution < 1.29 is 13.2 Å². The van der Waals surface area contributed by atoms with E-state index < -0.39 is 10.0 Å². The number of nitriles is 1. The van der Waals surface area contributed by atoms with Crippen molar-refractivity contribution in [1.29, 1.82) is 5.26 Å². The Morgan fingerprint density at radius 3 is 2.65 bits per heavy atom. The number of hydrogen-bond donors (Lipinski definition) is 1. The van der Waals surface area contributed by atoms with Crippen molar-refractivity contribution in [2.45, 2.75) is 30.7 Å². The molecule has 4 rings (SSSR count). The average molecular weight is 478 g/mol. The predicted molar refractivity (Wildman–Crippen MR) is 127 cm³/mol. The van der Waals surface area contributed by atoms with Crippen LogP contribution in [0.4, 0.5) is 0 Å². The fourth-order valence-corrected chi connectivity index (χ4v) is 5.70. The number of imidazole rings is 1. The number of nitrogens with zero attached hydrogens (tertiary/aromatic N) is 4. The van der Waals surface area contributed by atoms with Crippen LogP contribution in [0.2, 0.25) is 0 Å². The molecule has 176 valence electrons. The van der Waals surface area contributed by atoms with Crippen LogP contribution >= 0.6 is 0 Å². The van der Waals surface area contributed by atoms with Crippen molar-refractivity contribution in [3.05, 3.63) is 83.9 Å². The highest BCUT2D eigenvalue weighted by atomic mass is 32.2. The second-order valence-electron chi connectivity index (χ2n) is 8.38. The second-order valence-corrected chi connectivity index (χ2v) is 10.3. The minimum absolute atomic E-state index is 0.119. The smallest absolute Gasteiger partial charge is 0.243 e. The van der Waals surface area contributed by atoms with Crippen LogP contribution in [0.15, 0.2) is 72.0 Å². The SMILES string of the molecule is N#Cc1ccc(Cn2cncc2CCNC(=O)C2CCCN(S(=O)(=O)c3ccccc3)C2)cc1. The van der Waals surface area contributed by atoms with E-state index in [0.29, 0.717) is 44.5 Å². The van der Waals surface area contributed by atoms with Gasteiger partial charge >= 0.3 is 0 Å². The summed E-state index contributed by atoms with van der Waals surface area (Å²) in [5.41, 5.74) is 2.67. The van der Waals surface area contributed by atoms with Gasteiger partial charge in [-0.15, -0.1) is 0 Å². The largest absolute Gasteiger partial charge is 0.355 e. The quantitative estimate of drug-likeness (QED) is 0.536. The van der Waals surface area contributed by atoms with Crippen LogP contribution in [0.3, 0.4) is 0 Å². The number of carbonyl (C=O) groups excluding carboxylic acids is 1. The van der Waals surface area contributed by atoms with Crippen LogP contribution in [0.25, 0.3) is 0 Å². The number of amides is 1. The summed E-state index contributed by atoms with van der Waals surface area (Å²) in [6.45, 7) is 1.69. The number of benzene rings is 2. The number of sulfonamides is 1. The average Bonchev–Trinajstić information content (AvgIpc) is 3.31. The zero-order valence-electron chi connectivity index (χ0n) is 18.8. The maximum absolute atomic E-state index is 12.9. The molecular formula is C25H27N5O3S. The monoisotopic (exact) mass is 477 g/mol. The van der Waals surface area contributed by atoms with E-state index in [9.17, 15) is 13.2 Å². The highest BCUT2D eigenvalue weighted by molar-refractivity contribution is 7.89. The third kappa shape index (κ3) is 5.53.